The average Bonchev–Trinajstić information content (AvgIpc) is 2.60. The van der Waals surface area contributed by atoms with Crippen LogP contribution in [0.3, 0.4) is 0 Å². The van der Waals surface area contributed by atoms with Gasteiger partial charge in [0.1, 0.15) is 4.49 Å². The van der Waals surface area contributed by atoms with Gasteiger partial charge in [0.25, 0.3) is 0 Å². The van der Waals surface area contributed by atoms with Gasteiger partial charge in [-0.2, -0.15) is 0 Å². The number of nitrogens with zero attached hydrogens (tertiary/aromatic N) is 1. The summed E-state index contributed by atoms with van der Waals surface area (Å²) in [6, 6.07) is 0.712. The summed E-state index contributed by atoms with van der Waals surface area (Å²) in [4.78, 5) is 2.45. The Labute approximate surface area is 88.9 Å². The molecule has 2 heterocycles. The van der Waals surface area contributed by atoms with Crippen molar-refractivity contribution < 1.29 is 0 Å². The monoisotopic (exact) mass is 220 g/mol. The zero-order valence-electron chi connectivity index (χ0n) is 7.47. The molecule has 0 bridgehead atoms. The Morgan fingerprint density at radius 2 is 2.31 bits per heavy atom. The van der Waals surface area contributed by atoms with Crippen LogP contribution >= 0.6 is 23.2 Å². The van der Waals surface area contributed by atoms with E-state index in [0.717, 1.165) is 19.0 Å². The molecule has 2 aliphatic rings. The van der Waals surface area contributed by atoms with Crippen LogP contribution in [0, 0.1) is 5.92 Å². The lowest BCUT2D eigenvalue weighted by Crippen LogP contribution is -2.34. The summed E-state index contributed by atoms with van der Waals surface area (Å²) in [5.74, 6) is 0.850. The summed E-state index contributed by atoms with van der Waals surface area (Å²) >= 11 is 11.2. The number of fused-ring (bicyclic) bond motifs is 1. The number of rotatable bonds is 2. The van der Waals surface area contributed by atoms with Crippen LogP contribution in [-0.2, 0) is 0 Å². The highest BCUT2D eigenvalue weighted by Crippen LogP contribution is 2.26. The Bertz CT molecular complexity index is 214. The predicted octanol–water partition coefficient (Wildman–Crippen LogP) is 1.60. The molecule has 1 N–H and O–H groups in total. The Kier molecular flexibility index (Phi) is 3.14. The van der Waals surface area contributed by atoms with Gasteiger partial charge in [-0.05, 0) is 31.5 Å². The Morgan fingerprint density at radius 3 is 3.08 bits per heavy atom. The molecule has 2 atom stereocenters. The van der Waals surface area contributed by atoms with Gasteiger partial charge in [0, 0.05) is 19.1 Å². The molecule has 0 aromatic rings. The normalized spacial score (nSPS) is 33.4. The maximum absolute atomic E-state index is 5.58. The van der Waals surface area contributed by atoms with E-state index < -0.39 is 0 Å². The predicted molar refractivity (Wildman–Crippen MR) is 56.1 cm³/mol. The van der Waals surface area contributed by atoms with E-state index in [-0.39, 0.29) is 0 Å². The summed E-state index contributed by atoms with van der Waals surface area (Å²) in [7, 11) is 0. The first-order valence-electron chi connectivity index (χ1n) is 4.73. The van der Waals surface area contributed by atoms with E-state index in [9.17, 15) is 0 Å². The lowest BCUT2D eigenvalue weighted by Gasteiger charge is -2.20. The van der Waals surface area contributed by atoms with E-state index >= 15 is 0 Å². The van der Waals surface area contributed by atoms with Crippen molar-refractivity contribution in [2.24, 2.45) is 5.92 Å². The fourth-order valence-corrected chi connectivity index (χ4v) is 2.49. The van der Waals surface area contributed by atoms with Crippen LogP contribution in [0.15, 0.2) is 10.6 Å². The second-order valence-electron chi connectivity index (χ2n) is 3.76. The SMILES string of the molecule is ClC(Cl)=CCN1CC[C@@H]2CNC[C@@H]21. The quantitative estimate of drug-likeness (QED) is 0.761. The lowest BCUT2D eigenvalue weighted by molar-refractivity contribution is 0.279. The third-order valence-corrected chi connectivity index (χ3v) is 3.35. The fourth-order valence-electron chi connectivity index (χ4n) is 2.35. The van der Waals surface area contributed by atoms with Crippen molar-refractivity contribution in [1.29, 1.82) is 0 Å². The first kappa shape index (κ1) is 9.78. The molecule has 0 amide bonds. The van der Waals surface area contributed by atoms with Crippen LogP contribution in [0.25, 0.3) is 0 Å². The van der Waals surface area contributed by atoms with Crippen LogP contribution < -0.4 is 5.32 Å². The molecule has 0 aromatic carbocycles. The molecule has 2 aliphatic heterocycles. The molecular formula is C9H14Cl2N2. The van der Waals surface area contributed by atoms with Gasteiger partial charge in [0.05, 0.1) is 0 Å². The largest absolute Gasteiger partial charge is 0.315 e. The van der Waals surface area contributed by atoms with Gasteiger partial charge < -0.3 is 5.32 Å². The van der Waals surface area contributed by atoms with Crippen molar-refractivity contribution in [1.82, 2.24) is 10.2 Å². The first-order chi connectivity index (χ1) is 6.27. The van der Waals surface area contributed by atoms with Crippen molar-refractivity contribution in [2.75, 3.05) is 26.2 Å². The van der Waals surface area contributed by atoms with E-state index in [1.54, 1.807) is 0 Å². The van der Waals surface area contributed by atoms with Gasteiger partial charge in [-0.3, -0.25) is 4.90 Å². The highest BCUT2D eigenvalue weighted by molar-refractivity contribution is 6.55. The molecule has 2 saturated heterocycles. The lowest BCUT2D eigenvalue weighted by atomic mass is 10.1. The average molecular weight is 221 g/mol. The molecule has 2 rings (SSSR count). The van der Waals surface area contributed by atoms with Crippen LogP contribution in [0.5, 0.6) is 0 Å². The highest BCUT2D eigenvalue weighted by atomic mass is 35.5. The maximum atomic E-state index is 5.58. The van der Waals surface area contributed by atoms with Gasteiger partial charge in [-0.25, -0.2) is 0 Å². The van der Waals surface area contributed by atoms with Crippen LogP contribution in [0.2, 0.25) is 0 Å². The summed E-state index contributed by atoms with van der Waals surface area (Å²) < 4.78 is 0.384. The number of likely N-dealkylation sites (tertiary alicyclic amines) is 1. The zero-order valence-corrected chi connectivity index (χ0v) is 8.98. The Balaban J connectivity index is 1.90. The van der Waals surface area contributed by atoms with Gasteiger partial charge in [-0.15, -0.1) is 0 Å². The molecule has 0 radical (unpaired) electrons. The molecule has 2 fully saturated rings. The summed E-state index contributed by atoms with van der Waals surface area (Å²) in [6.07, 6.45) is 3.19. The molecule has 4 heteroatoms. The third kappa shape index (κ3) is 2.18. The van der Waals surface area contributed by atoms with Crippen molar-refractivity contribution in [3.05, 3.63) is 10.6 Å². The van der Waals surface area contributed by atoms with Crippen LogP contribution in [-0.4, -0.2) is 37.1 Å². The van der Waals surface area contributed by atoms with Gasteiger partial charge in [-0.1, -0.05) is 23.2 Å². The number of hydrogen-bond donors (Lipinski definition) is 1. The molecule has 0 aromatic heterocycles. The van der Waals surface area contributed by atoms with Gasteiger partial charge >= 0.3 is 0 Å². The van der Waals surface area contributed by atoms with Crippen molar-refractivity contribution in [2.45, 2.75) is 12.5 Å². The fraction of sp³-hybridized carbons (Fsp3) is 0.778. The second-order valence-corrected chi connectivity index (χ2v) is 4.77. The van der Waals surface area contributed by atoms with Crippen LogP contribution in [0.4, 0.5) is 0 Å². The third-order valence-electron chi connectivity index (χ3n) is 3.04. The number of halogens is 2. The molecule has 74 valence electrons. The van der Waals surface area contributed by atoms with E-state index in [1.807, 2.05) is 6.08 Å². The van der Waals surface area contributed by atoms with Crippen molar-refractivity contribution in [3.8, 4) is 0 Å². The summed E-state index contributed by atoms with van der Waals surface area (Å²) in [5.41, 5.74) is 0. The second kappa shape index (κ2) is 4.18. The minimum Gasteiger partial charge on any atom is -0.315 e. The smallest absolute Gasteiger partial charge is 0.104 e. The number of hydrogen-bond acceptors (Lipinski definition) is 2. The topological polar surface area (TPSA) is 15.3 Å². The first-order valence-corrected chi connectivity index (χ1v) is 5.49. The molecule has 13 heavy (non-hydrogen) atoms. The molecule has 0 unspecified atom stereocenters. The molecule has 0 spiro atoms. The zero-order chi connectivity index (χ0) is 9.26. The van der Waals surface area contributed by atoms with E-state index in [0.29, 0.717) is 10.5 Å². The Morgan fingerprint density at radius 1 is 1.46 bits per heavy atom. The maximum Gasteiger partial charge on any atom is 0.104 e. The van der Waals surface area contributed by atoms with Crippen LogP contribution in [0.1, 0.15) is 6.42 Å². The highest BCUT2D eigenvalue weighted by Gasteiger charge is 2.36. The molecule has 2 nitrogen and oxygen atoms in total. The summed E-state index contributed by atoms with van der Waals surface area (Å²) in [5, 5.41) is 3.41. The molecule has 0 saturated carbocycles. The molecule has 0 aliphatic carbocycles. The van der Waals surface area contributed by atoms with Gasteiger partial charge in [0.2, 0.25) is 0 Å². The van der Waals surface area contributed by atoms with Crippen molar-refractivity contribution >= 4 is 23.2 Å². The minimum atomic E-state index is 0.384. The number of nitrogens with one attached hydrogen (secondary N) is 1. The van der Waals surface area contributed by atoms with Gasteiger partial charge in [0.15, 0.2) is 0 Å². The Hall–Kier alpha value is 0.240. The summed E-state index contributed by atoms with van der Waals surface area (Å²) in [6.45, 7) is 4.39. The minimum absolute atomic E-state index is 0.384. The van der Waals surface area contributed by atoms with Crippen molar-refractivity contribution in [3.63, 3.8) is 0 Å². The standard InChI is InChI=1S/C9H14Cl2N2/c10-9(11)2-4-13-3-1-7-5-12-6-8(7)13/h2,7-8,12H,1,3-6H2/t7-,8+/m1/s1. The van der Waals surface area contributed by atoms with E-state index in [4.69, 9.17) is 23.2 Å². The van der Waals surface area contributed by atoms with E-state index in [2.05, 4.69) is 10.2 Å². The van der Waals surface area contributed by atoms with E-state index in [1.165, 1.54) is 19.5 Å². The molecular weight excluding hydrogens is 207 g/mol.